The maximum Gasteiger partial charge on any atom is 0.255 e. The van der Waals surface area contributed by atoms with Gasteiger partial charge in [0.1, 0.15) is 0 Å². The van der Waals surface area contributed by atoms with Gasteiger partial charge in [0.05, 0.1) is 24.0 Å². The van der Waals surface area contributed by atoms with Gasteiger partial charge in [-0.2, -0.15) is 5.26 Å². The van der Waals surface area contributed by atoms with Gasteiger partial charge in [-0.1, -0.05) is 12.1 Å². The highest BCUT2D eigenvalue weighted by Crippen LogP contribution is 2.30. The van der Waals surface area contributed by atoms with Crippen LogP contribution in [0.5, 0.6) is 0 Å². The molecule has 0 saturated heterocycles. The lowest BCUT2D eigenvalue weighted by Gasteiger charge is -2.22. The van der Waals surface area contributed by atoms with Gasteiger partial charge in [-0.15, -0.1) is 11.8 Å². The molecule has 0 aliphatic heterocycles. The van der Waals surface area contributed by atoms with Crippen molar-refractivity contribution in [2.24, 2.45) is 0 Å². The van der Waals surface area contributed by atoms with Crippen LogP contribution in [0, 0.1) is 11.3 Å². The van der Waals surface area contributed by atoms with Gasteiger partial charge in [0.2, 0.25) is 0 Å². The lowest BCUT2D eigenvalue weighted by Crippen LogP contribution is -2.35. The molecule has 19 heavy (non-hydrogen) atoms. The quantitative estimate of drug-likeness (QED) is 0.806. The fraction of sp³-hybridized carbons (Fsp3) is 0.429. The molecule has 2 rings (SSSR count). The molecule has 1 aliphatic carbocycles. The van der Waals surface area contributed by atoms with Gasteiger partial charge >= 0.3 is 0 Å². The predicted octanol–water partition coefficient (Wildman–Crippen LogP) is 1.90. The summed E-state index contributed by atoms with van der Waals surface area (Å²) in [4.78, 5) is 15.1. The van der Waals surface area contributed by atoms with E-state index in [0.29, 0.717) is 17.9 Å². The summed E-state index contributed by atoms with van der Waals surface area (Å²) >= 11 is 1.37. The molecular weight excluding hydrogens is 260 g/mol. The van der Waals surface area contributed by atoms with Crippen molar-refractivity contribution in [3.05, 3.63) is 29.8 Å². The van der Waals surface area contributed by atoms with E-state index in [1.54, 1.807) is 11.0 Å². The summed E-state index contributed by atoms with van der Waals surface area (Å²) in [5, 5.41) is 17.7. The van der Waals surface area contributed by atoms with Gasteiger partial charge in [0.15, 0.2) is 0 Å². The van der Waals surface area contributed by atoms with Crippen LogP contribution in [0.2, 0.25) is 0 Å². The Bertz CT molecular complexity index is 494. The molecule has 5 heteroatoms. The van der Waals surface area contributed by atoms with Crippen molar-refractivity contribution < 1.29 is 9.90 Å². The summed E-state index contributed by atoms with van der Waals surface area (Å²) in [5.74, 6) is 0.283. The number of thioether (sulfide) groups is 1. The summed E-state index contributed by atoms with van der Waals surface area (Å²) in [5.41, 5.74) is 0.628. The molecule has 1 fully saturated rings. The Morgan fingerprint density at radius 3 is 2.84 bits per heavy atom. The van der Waals surface area contributed by atoms with Crippen LogP contribution in [-0.4, -0.2) is 40.9 Å². The SMILES string of the molecule is N#CCSc1ccccc1C(=O)N(CCO)C1CC1. The average molecular weight is 276 g/mol. The average Bonchev–Trinajstić information content (AvgIpc) is 3.26. The smallest absolute Gasteiger partial charge is 0.255 e. The van der Waals surface area contributed by atoms with E-state index in [1.807, 2.05) is 18.2 Å². The molecule has 1 aromatic carbocycles. The van der Waals surface area contributed by atoms with Crippen LogP contribution in [0.1, 0.15) is 23.2 Å². The minimum Gasteiger partial charge on any atom is -0.395 e. The van der Waals surface area contributed by atoms with E-state index in [2.05, 4.69) is 6.07 Å². The van der Waals surface area contributed by atoms with Crippen LogP contribution in [-0.2, 0) is 0 Å². The molecule has 1 aliphatic rings. The van der Waals surface area contributed by atoms with Gasteiger partial charge in [0.25, 0.3) is 5.91 Å². The lowest BCUT2D eigenvalue weighted by molar-refractivity contribution is 0.0704. The fourth-order valence-corrected chi connectivity index (χ4v) is 2.68. The van der Waals surface area contributed by atoms with Crippen LogP contribution in [0.3, 0.4) is 0 Å². The van der Waals surface area contributed by atoms with Crippen molar-refractivity contribution in [3.63, 3.8) is 0 Å². The monoisotopic (exact) mass is 276 g/mol. The molecule has 0 radical (unpaired) electrons. The highest BCUT2D eigenvalue weighted by Gasteiger charge is 2.33. The molecular formula is C14H16N2O2S. The third-order valence-electron chi connectivity index (χ3n) is 3.00. The van der Waals surface area contributed by atoms with Gasteiger partial charge in [-0.05, 0) is 25.0 Å². The molecule has 1 aromatic rings. The largest absolute Gasteiger partial charge is 0.395 e. The Kier molecular flexibility index (Phi) is 4.83. The summed E-state index contributed by atoms with van der Waals surface area (Å²) in [6.45, 7) is 0.358. The molecule has 1 N–H and O–H groups in total. The molecule has 0 bridgehead atoms. The van der Waals surface area contributed by atoms with Gasteiger partial charge < -0.3 is 10.0 Å². The third-order valence-corrected chi connectivity index (χ3v) is 3.94. The lowest BCUT2D eigenvalue weighted by atomic mass is 10.2. The third kappa shape index (κ3) is 3.49. The first-order valence-electron chi connectivity index (χ1n) is 6.28. The van der Waals surface area contributed by atoms with Gasteiger partial charge in [-0.3, -0.25) is 4.79 Å². The van der Waals surface area contributed by atoms with E-state index in [4.69, 9.17) is 10.4 Å². The molecule has 0 heterocycles. The van der Waals surface area contributed by atoms with Gasteiger partial charge in [0, 0.05) is 17.5 Å². The standard InChI is InChI=1S/C14H16N2O2S/c15-7-10-19-13-4-2-1-3-12(13)14(18)16(8-9-17)11-5-6-11/h1-4,11,17H,5-6,8-10H2. The van der Waals surface area contributed by atoms with Crippen LogP contribution in [0.4, 0.5) is 0 Å². The number of rotatable bonds is 6. The highest BCUT2D eigenvalue weighted by molar-refractivity contribution is 7.99. The number of nitriles is 1. The van der Waals surface area contributed by atoms with Crippen LogP contribution in [0.15, 0.2) is 29.2 Å². The number of carbonyl (C=O) groups excluding carboxylic acids is 1. The first-order chi connectivity index (χ1) is 9.27. The summed E-state index contributed by atoms with van der Waals surface area (Å²) < 4.78 is 0. The number of hydrogen-bond acceptors (Lipinski definition) is 4. The van der Waals surface area contributed by atoms with E-state index in [-0.39, 0.29) is 18.6 Å². The number of aliphatic hydroxyl groups is 1. The maximum atomic E-state index is 12.5. The van der Waals surface area contributed by atoms with Crippen molar-refractivity contribution in [2.75, 3.05) is 18.9 Å². The van der Waals surface area contributed by atoms with Crippen LogP contribution >= 0.6 is 11.8 Å². The van der Waals surface area contributed by atoms with E-state index in [9.17, 15) is 4.79 Å². The Hall–Kier alpha value is -1.51. The topological polar surface area (TPSA) is 64.3 Å². The van der Waals surface area contributed by atoms with Crippen molar-refractivity contribution >= 4 is 17.7 Å². The summed E-state index contributed by atoms with van der Waals surface area (Å²) in [7, 11) is 0. The molecule has 0 unspecified atom stereocenters. The van der Waals surface area contributed by atoms with Crippen molar-refractivity contribution in [1.82, 2.24) is 4.90 Å². The van der Waals surface area contributed by atoms with Crippen LogP contribution < -0.4 is 0 Å². The van der Waals surface area contributed by atoms with E-state index < -0.39 is 0 Å². The molecule has 1 saturated carbocycles. The first kappa shape index (κ1) is 13.9. The Morgan fingerprint density at radius 2 is 2.21 bits per heavy atom. The Morgan fingerprint density at radius 1 is 1.47 bits per heavy atom. The minimum atomic E-state index is -0.0439. The van der Waals surface area contributed by atoms with Crippen molar-refractivity contribution in [3.8, 4) is 6.07 Å². The maximum absolute atomic E-state index is 12.5. The number of hydrogen-bond donors (Lipinski definition) is 1. The molecule has 100 valence electrons. The molecule has 0 aromatic heterocycles. The number of aliphatic hydroxyl groups excluding tert-OH is 1. The van der Waals surface area contributed by atoms with E-state index in [0.717, 1.165) is 17.7 Å². The second-order valence-corrected chi connectivity index (χ2v) is 5.41. The zero-order valence-electron chi connectivity index (χ0n) is 10.6. The predicted molar refractivity (Wildman–Crippen MR) is 73.9 cm³/mol. The Labute approximate surface area is 117 Å². The number of carbonyl (C=O) groups is 1. The van der Waals surface area contributed by atoms with E-state index >= 15 is 0 Å². The Balaban J connectivity index is 2.19. The van der Waals surface area contributed by atoms with E-state index in [1.165, 1.54) is 11.8 Å². The van der Waals surface area contributed by atoms with Gasteiger partial charge in [-0.25, -0.2) is 0 Å². The second-order valence-electron chi connectivity index (χ2n) is 4.40. The molecule has 1 amide bonds. The number of amides is 1. The summed E-state index contributed by atoms with van der Waals surface area (Å²) in [6, 6.07) is 9.68. The molecule has 0 spiro atoms. The molecule has 0 atom stereocenters. The first-order valence-corrected chi connectivity index (χ1v) is 7.27. The zero-order valence-corrected chi connectivity index (χ0v) is 11.4. The number of benzene rings is 1. The molecule has 4 nitrogen and oxygen atoms in total. The second kappa shape index (κ2) is 6.60. The van der Waals surface area contributed by atoms with Crippen molar-refractivity contribution in [1.29, 1.82) is 5.26 Å². The normalized spacial score (nSPS) is 13.9. The zero-order chi connectivity index (χ0) is 13.7. The fourth-order valence-electron chi connectivity index (χ4n) is 1.98. The van der Waals surface area contributed by atoms with Crippen molar-refractivity contribution in [2.45, 2.75) is 23.8 Å². The summed E-state index contributed by atoms with van der Waals surface area (Å²) in [6.07, 6.45) is 2.03. The number of nitrogens with zero attached hydrogens (tertiary/aromatic N) is 2. The minimum absolute atomic E-state index is 0.0181. The van der Waals surface area contributed by atoms with Crippen LogP contribution in [0.25, 0.3) is 0 Å². The highest BCUT2D eigenvalue weighted by atomic mass is 32.2.